The summed E-state index contributed by atoms with van der Waals surface area (Å²) in [5.41, 5.74) is 1.54. The van der Waals surface area contributed by atoms with Crippen LogP contribution in [0.5, 0.6) is 0 Å². The Morgan fingerprint density at radius 1 is 0.939 bits per heavy atom. The maximum absolute atomic E-state index is 12.5. The SMILES string of the molecule is CCC(=O)Nc1ccc(C(=O)COC(=O)/C=C/c2ccc(S(=O)(=O)N(CC)CC)cc2)cc1. The predicted octanol–water partition coefficient (Wildman–Crippen LogP) is 3.50. The molecule has 2 aromatic carbocycles. The quantitative estimate of drug-likeness (QED) is 0.304. The zero-order valence-electron chi connectivity index (χ0n) is 18.9. The van der Waals surface area contributed by atoms with Crippen molar-refractivity contribution in [1.29, 1.82) is 0 Å². The number of benzene rings is 2. The normalized spacial score (nSPS) is 11.5. The smallest absolute Gasteiger partial charge is 0.331 e. The average molecular weight is 473 g/mol. The van der Waals surface area contributed by atoms with Crippen molar-refractivity contribution >= 4 is 39.4 Å². The molecule has 0 saturated heterocycles. The van der Waals surface area contributed by atoms with Crippen molar-refractivity contribution in [2.24, 2.45) is 0 Å². The Balaban J connectivity index is 1.91. The van der Waals surface area contributed by atoms with Crippen molar-refractivity contribution in [2.75, 3.05) is 25.0 Å². The number of amides is 1. The molecule has 0 aliphatic heterocycles. The molecule has 0 radical (unpaired) electrons. The Kier molecular flexibility index (Phi) is 9.50. The molecule has 0 aliphatic carbocycles. The summed E-state index contributed by atoms with van der Waals surface area (Å²) in [7, 11) is -3.54. The molecule has 1 N–H and O–H groups in total. The summed E-state index contributed by atoms with van der Waals surface area (Å²) in [5, 5.41) is 2.68. The fraction of sp³-hybridized carbons (Fsp3) is 0.292. The first-order valence-electron chi connectivity index (χ1n) is 10.6. The molecule has 0 aromatic heterocycles. The van der Waals surface area contributed by atoms with Crippen molar-refractivity contribution in [1.82, 2.24) is 4.31 Å². The molecule has 9 heteroatoms. The molecule has 0 saturated carbocycles. The summed E-state index contributed by atoms with van der Waals surface area (Å²) >= 11 is 0. The highest BCUT2D eigenvalue weighted by molar-refractivity contribution is 7.89. The zero-order chi connectivity index (χ0) is 24.4. The second-order valence-corrected chi connectivity index (χ2v) is 8.94. The zero-order valence-corrected chi connectivity index (χ0v) is 19.7. The molecule has 2 aromatic rings. The van der Waals surface area contributed by atoms with E-state index in [1.54, 1.807) is 57.2 Å². The number of anilines is 1. The highest BCUT2D eigenvalue weighted by Gasteiger charge is 2.21. The molecule has 0 aliphatic rings. The second kappa shape index (κ2) is 12.1. The number of sulfonamides is 1. The first kappa shape index (κ1) is 26.0. The van der Waals surface area contributed by atoms with Crippen LogP contribution in [0.4, 0.5) is 5.69 Å². The van der Waals surface area contributed by atoms with E-state index in [1.165, 1.54) is 28.6 Å². The molecular weight excluding hydrogens is 444 g/mol. The average Bonchev–Trinajstić information content (AvgIpc) is 2.82. The van der Waals surface area contributed by atoms with Gasteiger partial charge in [-0.3, -0.25) is 9.59 Å². The minimum Gasteiger partial charge on any atom is -0.454 e. The van der Waals surface area contributed by atoms with E-state index in [1.807, 2.05) is 0 Å². The lowest BCUT2D eigenvalue weighted by atomic mass is 10.1. The Morgan fingerprint density at radius 3 is 2.09 bits per heavy atom. The summed E-state index contributed by atoms with van der Waals surface area (Å²) in [5.74, 6) is -1.21. The number of carbonyl (C=O) groups is 3. The van der Waals surface area contributed by atoms with Crippen molar-refractivity contribution < 1.29 is 27.5 Å². The molecule has 33 heavy (non-hydrogen) atoms. The maximum atomic E-state index is 12.5. The number of esters is 1. The van der Waals surface area contributed by atoms with Gasteiger partial charge in [-0.05, 0) is 48.0 Å². The van der Waals surface area contributed by atoms with Crippen molar-refractivity contribution in [2.45, 2.75) is 32.1 Å². The number of Topliss-reactive ketones (excluding diaryl/α,β-unsaturated/α-hetero) is 1. The molecule has 0 bridgehead atoms. The second-order valence-electron chi connectivity index (χ2n) is 7.00. The number of ketones is 1. The summed E-state index contributed by atoms with van der Waals surface area (Å²) in [4.78, 5) is 35.7. The highest BCUT2D eigenvalue weighted by atomic mass is 32.2. The molecule has 0 atom stereocenters. The van der Waals surface area contributed by atoms with E-state index < -0.39 is 22.6 Å². The number of rotatable bonds is 11. The van der Waals surface area contributed by atoms with Crippen LogP contribution in [0.25, 0.3) is 6.08 Å². The molecular formula is C24H28N2O6S. The van der Waals surface area contributed by atoms with Gasteiger partial charge < -0.3 is 10.1 Å². The Morgan fingerprint density at radius 2 is 1.55 bits per heavy atom. The third-order valence-electron chi connectivity index (χ3n) is 4.79. The van der Waals surface area contributed by atoms with E-state index in [9.17, 15) is 22.8 Å². The Bertz CT molecular complexity index is 1100. The van der Waals surface area contributed by atoms with Crippen LogP contribution >= 0.6 is 0 Å². The van der Waals surface area contributed by atoms with Gasteiger partial charge in [0, 0.05) is 36.8 Å². The molecule has 1 amide bonds. The molecule has 0 unspecified atom stereocenters. The Hall–Kier alpha value is -3.30. The van der Waals surface area contributed by atoms with Gasteiger partial charge in [0.25, 0.3) is 0 Å². The van der Waals surface area contributed by atoms with Gasteiger partial charge in [0.1, 0.15) is 0 Å². The monoisotopic (exact) mass is 472 g/mol. The van der Waals surface area contributed by atoms with E-state index in [0.29, 0.717) is 36.3 Å². The molecule has 0 spiro atoms. The number of hydrogen-bond donors (Lipinski definition) is 1. The van der Waals surface area contributed by atoms with Crippen LogP contribution in [-0.4, -0.2) is 50.1 Å². The number of carbonyl (C=O) groups excluding carboxylic acids is 3. The van der Waals surface area contributed by atoms with Gasteiger partial charge in [0.15, 0.2) is 12.4 Å². The number of hydrogen-bond acceptors (Lipinski definition) is 6. The van der Waals surface area contributed by atoms with E-state index >= 15 is 0 Å². The largest absolute Gasteiger partial charge is 0.454 e. The first-order chi connectivity index (χ1) is 15.7. The minimum atomic E-state index is -3.54. The van der Waals surface area contributed by atoms with Crippen molar-refractivity contribution in [3.05, 3.63) is 65.7 Å². The fourth-order valence-electron chi connectivity index (χ4n) is 2.88. The van der Waals surface area contributed by atoms with Crippen LogP contribution in [0.2, 0.25) is 0 Å². The number of ether oxygens (including phenoxy) is 1. The van der Waals surface area contributed by atoms with E-state index in [4.69, 9.17) is 4.74 Å². The van der Waals surface area contributed by atoms with E-state index in [0.717, 1.165) is 0 Å². The Labute approximate surface area is 194 Å². The van der Waals surface area contributed by atoms with Gasteiger partial charge in [-0.1, -0.05) is 32.9 Å². The summed E-state index contributed by atoms with van der Waals surface area (Å²) in [6, 6.07) is 12.4. The molecule has 2 rings (SSSR count). The molecule has 0 fully saturated rings. The summed E-state index contributed by atoms with van der Waals surface area (Å²) in [6.45, 7) is 5.62. The van der Waals surface area contributed by atoms with E-state index in [-0.39, 0.29) is 16.6 Å². The van der Waals surface area contributed by atoms with Gasteiger partial charge in [0.05, 0.1) is 4.90 Å². The first-order valence-corrected chi connectivity index (χ1v) is 12.0. The van der Waals surface area contributed by atoms with Crippen LogP contribution in [0.3, 0.4) is 0 Å². The van der Waals surface area contributed by atoms with Gasteiger partial charge in [-0.15, -0.1) is 0 Å². The van der Waals surface area contributed by atoms with Crippen LogP contribution in [0, 0.1) is 0 Å². The fourth-order valence-corrected chi connectivity index (χ4v) is 4.34. The van der Waals surface area contributed by atoms with Crippen LogP contribution in [0.15, 0.2) is 59.5 Å². The lowest BCUT2D eigenvalue weighted by Gasteiger charge is -2.18. The minimum absolute atomic E-state index is 0.130. The maximum Gasteiger partial charge on any atom is 0.331 e. The number of nitrogens with one attached hydrogen (secondary N) is 1. The molecule has 176 valence electrons. The van der Waals surface area contributed by atoms with E-state index in [2.05, 4.69) is 5.32 Å². The predicted molar refractivity (Wildman–Crippen MR) is 126 cm³/mol. The van der Waals surface area contributed by atoms with Crippen LogP contribution in [-0.2, 0) is 24.3 Å². The van der Waals surface area contributed by atoms with Gasteiger partial charge >= 0.3 is 5.97 Å². The lowest BCUT2D eigenvalue weighted by Crippen LogP contribution is -2.30. The standard InChI is InChI=1S/C24H28N2O6S/c1-4-23(28)25-20-12-10-19(11-13-20)22(27)17-32-24(29)16-9-18-7-14-21(15-8-18)33(30,31)26(5-2)6-3/h7-16H,4-6,17H2,1-3H3,(H,25,28)/b16-9+. The summed E-state index contributed by atoms with van der Waals surface area (Å²) in [6.07, 6.45) is 3.00. The lowest BCUT2D eigenvalue weighted by molar-refractivity contribution is -0.136. The highest BCUT2D eigenvalue weighted by Crippen LogP contribution is 2.17. The third-order valence-corrected chi connectivity index (χ3v) is 6.86. The number of nitrogens with zero attached hydrogens (tertiary/aromatic N) is 1. The van der Waals surface area contributed by atoms with Crippen LogP contribution < -0.4 is 5.32 Å². The van der Waals surface area contributed by atoms with Gasteiger partial charge in [-0.2, -0.15) is 4.31 Å². The van der Waals surface area contributed by atoms with Crippen molar-refractivity contribution in [3.63, 3.8) is 0 Å². The summed E-state index contributed by atoms with van der Waals surface area (Å²) < 4.78 is 31.3. The molecule has 8 nitrogen and oxygen atoms in total. The van der Waals surface area contributed by atoms with Gasteiger partial charge in [-0.25, -0.2) is 13.2 Å². The van der Waals surface area contributed by atoms with Crippen LogP contribution in [0.1, 0.15) is 43.1 Å². The third kappa shape index (κ3) is 7.37. The topological polar surface area (TPSA) is 110 Å². The van der Waals surface area contributed by atoms with Gasteiger partial charge in [0.2, 0.25) is 15.9 Å². The molecule has 0 heterocycles. The van der Waals surface area contributed by atoms with Crippen molar-refractivity contribution in [3.8, 4) is 0 Å².